The van der Waals surface area contributed by atoms with Gasteiger partial charge in [-0.25, -0.2) is 4.79 Å². The lowest BCUT2D eigenvalue weighted by Crippen LogP contribution is -2.48. The lowest BCUT2D eigenvalue weighted by molar-refractivity contribution is 0.0544. The van der Waals surface area contributed by atoms with E-state index >= 15 is 0 Å². The third-order valence-electron chi connectivity index (χ3n) is 3.95. The molecule has 1 amide bonds. The maximum absolute atomic E-state index is 13.0. The fraction of sp³-hybridized carbons (Fsp3) is 0.381. The molecule has 134 valence electrons. The molecule has 0 saturated heterocycles. The van der Waals surface area contributed by atoms with Gasteiger partial charge in [0.2, 0.25) is 0 Å². The van der Waals surface area contributed by atoms with Crippen molar-refractivity contribution in [2.75, 3.05) is 12.0 Å². The molecule has 0 heterocycles. The highest BCUT2D eigenvalue weighted by atomic mass is 16.6. The van der Waals surface area contributed by atoms with E-state index in [2.05, 4.69) is 0 Å². The third kappa shape index (κ3) is 4.53. The summed E-state index contributed by atoms with van der Waals surface area (Å²) < 4.78 is 10.9. The predicted octanol–water partition coefficient (Wildman–Crippen LogP) is 5.37. The van der Waals surface area contributed by atoms with Crippen molar-refractivity contribution in [1.29, 1.82) is 0 Å². The van der Waals surface area contributed by atoms with Gasteiger partial charge in [0.05, 0.1) is 12.6 Å². The molecular weight excluding hydrogens is 314 g/mol. The maximum atomic E-state index is 13.0. The number of rotatable bonds is 4. The minimum Gasteiger partial charge on any atom is -0.497 e. The Bertz CT molecular complexity index is 700. The molecule has 4 nitrogen and oxygen atoms in total. The first-order valence-corrected chi connectivity index (χ1v) is 8.38. The van der Waals surface area contributed by atoms with Gasteiger partial charge in [-0.05, 0) is 64.4 Å². The predicted molar refractivity (Wildman–Crippen MR) is 101 cm³/mol. The largest absolute Gasteiger partial charge is 0.497 e. The monoisotopic (exact) mass is 341 g/mol. The fourth-order valence-corrected chi connectivity index (χ4v) is 2.67. The highest BCUT2D eigenvalue weighted by molar-refractivity contribution is 5.89. The molecule has 0 atom stereocenters. The van der Waals surface area contributed by atoms with E-state index in [1.807, 2.05) is 89.2 Å². The van der Waals surface area contributed by atoms with Crippen LogP contribution in [0.2, 0.25) is 0 Å². The maximum Gasteiger partial charge on any atom is 0.415 e. The van der Waals surface area contributed by atoms with Crippen LogP contribution in [0.25, 0.3) is 0 Å². The van der Waals surface area contributed by atoms with Gasteiger partial charge in [-0.15, -0.1) is 0 Å². The van der Waals surface area contributed by atoms with E-state index in [-0.39, 0.29) is 6.09 Å². The van der Waals surface area contributed by atoms with Gasteiger partial charge in [-0.2, -0.15) is 0 Å². The van der Waals surface area contributed by atoms with Crippen LogP contribution < -0.4 is 9.64 Å². The number of methoxy groups -OCH3 is 1. The Labute approximate surface area is 150 Å². The van der Waals surface area contributed by atoms with E-state index in [1.54, 1.807) is 12.0 Å². The number of benzene rings is 2. The topological polar surface area (TPSA) is 38.8 Å². The molecular formula is C21H27NO3. The number of carbonyl (C=O) groups is 1. The SMILES string of the molecule is COc1ccc(N(C(=O)OC(C)(C)C)C(C)(C)c2ccccc2)cc1. The summed E-state index contributed by atoms with van der Waals surface area (Å²) in [5.41, 5.74) is 0.618. The molecule has 2 aromatic carbocycles. The Morgan fingerprint density at radius 2 is 1.44 bits per heavy atom. The molecule has 0 aliphatic rings. The second-order valence-electron chi connectivity index (χ2n) is 7.44. The van der Waals surface area contributed by atoms with Crippen molar-refractivity contribution in [2.45, 2.75) is 45.8 Å². The van der Waals surface area contributed by atoms with Crippen LogP contribution in [-0.4, -0.2) is 18.8 Å². The third-order valence-corrected chi connectivity index (χ3v) is 3.95. The van der Waals surface area contributed by atoms with Crippen molar-refractivity contribution in [3.63, 3.8) is 0 Å². The molecule has 2 rings (SSSR count). The zero-order valence-electron chi connectivity index (χ0n) is 15.9. The Morgan fingerprint density at radius 3 is 1.92 bits per heavy atom. The molecule has 0 aliphatic carbocycles. The molecule has 0 aromatic heterocycles. The van der Waals surface area contributed by atoms with Crippen molar-refractivity contribution >= 4 is 11.8 Å². The number of nitrogens with zero attached hydrogens (tertiary/aromatic N) is 1. The van der Waals surface area contributed by atoms with E-state index < -0.39 is 11.1 Å². The first kappa shape index (κ1) is 18.8. The van der Waals surface area contributed by atoms with Crippen LogP contribution in [0.1, 0.15) is 40.2 Å². The van der Waals surface area contributed by atoms with E-state index in [0.717, 1.165) is 17.0 Å². The quantitative estimate of drug-likeness (QED) is 0.750. The summed E-state index contributed by atoms with van der Waals surface area (Å²) in [7, 11) is 1.62. The summed E-state index contributed by atoms with van der Waals surface area (Å²) in [4.78, 5) is 14.7. The van der Waals surface area contributed by atoms with Crippen LogP contribution in [-0.2, 0) is 10.3 Å². The van der Waals surface area contributed by atoms with Gasteiger partial charge in [-0.3, -0.25) is 4.90 Å². The minimum absolute atomic E-state index is 0.383. The molecule has 25 heavy (non-hydrogen) atoms. The van der Waals surface area contributed by atoms with E-state index in [1.165, 1.54) is 0 Å². The second kappa shape index (κ2) is 7.18. The molecule has 2 aromatic rings. The summed E-state index contributed by atoms with van der Waals surface area (Å²) in [6.07, 6.45) is -0.383. The van der Waals surface area contributed by atoms with Gasteiger partial charge in [0.15, 0.2) is 0 Å². The fourth-order valence-electron chi connectivity index (χ4n) is 2.67. The normalized spacial score (nSPS) is 11.8. The second-order valence-corrected chi connectivity index (χ2v) is 7.44. The summed E-state index contributed by atoms with van der Waals surface area (Å²) in [6, 6.07) is 17.4. The molecule has 0 N–H and O–H groups in total. The molecule has 0 bridgehead atoms. The van der Waals surface area contributed by atoms with Gasteiger partial charge in [0.1, 0.15) is 11.4 Å². The van der Waals surface area contributed by atoms with Gasteiger partial charge >= 0.3 is 6.09 Å². The number of ether oxygens (including phenoxy) is 2. The molecule has 0 saturated carbocycles. The molecule has 0 aliphatic heterocycles. The van der Waals surface area contributed by atoms with Crippen molar-refractivity contribution in [2.24, 2.45) is 0 Å². The number of carbonyl (C=O) groups excluding carboxylic acids is 1. The summed E-state index contributed by atoms with van der Waals surface area (Å²) >= 11 is 0. The number of hydrogen-bond donors (Lipinski definition) is 0. The Morgan fingerprint density at radius 1 is 0.880 bits per heavy atom. The average Bonchev–Trinajstić information content (AvgIpc) is 2.54. The van der Waals surface area contributed by atoms with Gasteiger partial charge in [0.25, 0.3) is 0 Å². The zero-order chi connectivity index (χ0) is 18.7. The summed E-state index contributed by atoms with van der Waals surface area (Å²) in [5, 5.41) is 0. The van der Waals surface area contributed by atoms with Crippen LogP contribution >= 0.6 is 0 Å². The Balaban J connectivity index is 2.49. The van der Waals surface area contributed by atoms with Crippen molar-refractivity contribution < 1.29 is 14.3 Å². The number of amides is 1. The van der Waals surface area contributed by atoms with Gasteiger partial charge < -0.3 is 9.47 Å². The van der Waals surface area contributed by atoms with Gasteiger partial charge in [-0.1, -0.05) is 30.3 Å². The molecule has 4 heteroatoms. The lowest BCUT2D eigenvalue weighted by atomic mass is 9.92. The highest BCUT2D eigenvalue weighted by Gasteiger charge is 2.36. The van der Waals surface area contributed by atoms with Crippen LogP contribution in [0.15, 0.2) is 54.6 Å². The van der Waals surface area contributed by atoms with E-state index in [0.29, 0.717) is 0 Å². The van der Waals surface area contributed by atoms with Crippen molar-refractivity contribution in [3.05, 3.63) is 60.2 Å². The number of anilines is 1. The summed E-state index contributed by atoms with van der Waals surface area (Å²) in [5.74, 6) is 0.741. The Kier molecular flexibility index (Phi) is 5.41. The van der Waals surface area contributed by atoms with Crippen LogP contribution in [0.5, 0.6) is 5.75 Å². The van der Waals surface area contributed by atoms with E-state index in [9.17, 15) is 4.79 Å². The zero-order valence-corrected chi connectivity index (χ0v) is 15.9. The molecule has 0 spiro atoms. The molecule has 0 fully saturated rings. The standard InChI is InChI=1S/C21H27NO3/c1-20(2,3)25-19(23)22(17-12-14-18(24-6)15-13-17)21(4,5)16-10-8-7-9-11-16/h7-15H,1-6H3. The van der Waals surface area contributed by atoms with Crippen LogP contribution in [0.4, 0.5) is 10.5 Å². The van der Waals surface area contributed by atoms with Crippen LogP contribution in [0, 0.1) is 0 Å². The van der Waals surface area contributed by atoms with E-state index in [4.69, 9.17) is 9.47 Å². The first-order chi connectivity index (χ1) is 11.6. The smallest absolute Gasteiger partial charge is 0.415 e. The lowest BCUT2D eigenvalue weighted by Gasteiger charge is -2.39. The Hall–Kier alpha value is -2.49. The molecule has 0 radical (unpaired) electrons. The van der Waals surface area contributed by atoms with Crippen molar-refractivity contribution in [3.8, 4) is 5.75 Å². The van der Waals surface area contributed by atoms with Crippen LogP contribution in [0.3, 0.4) is 0 Å². The molecule has 0 unspecified atom stereocenters. The number of hydrogen-bond acceptors (Lipinski definition) is 3. The minimum atomic E-state index is -0.585. The first-order valence-electron chi connectivity index (χ1n) is 8.38. The average molecular weight is 341 g/mol. The summed E-state index contributed by atoms with van der Waals surface area (Å²) in [6.45, 7) is 9.62. The van der Waals surface area contributed by atoms with Crippen molar-refractivity contribution in [1.82, 2.24) is 0 Å². The highest BCUT2D eigenvalue weighted by Crippen LogP contribution is 2.35. The van der Waals surface area contributed by atoms with Gasteiger partial charge in [0, 0.05) is 5.69 Å².